The molecule has 0 unspecified atom stereocenters. The number of hydrogen-bond donors (Lipinski definition) is 0. The fourth-order valence-corrected chi connectivity index (χ4v) is 1.12. The zero-order chi connectivity index (χ0) is 6.85. The van der Waals surface area contributed by atoms with Crippen LogP contribution in [0.5, 0.6) is 0 Å². The Hall–Kier alpha value is -0.720. The van der Waals surface area contributed by atoms with E-state index in [1.54, 1.807) is 0 Å². The lowest BCUT2D eigenvalue weighted by atomic mass is 10.1. The summed E-state index contributed by atoms with van der Waals surface area (Å²) in [6.45, 7) is 6.23. The van der Waals surface area contributed by atoms with Crippen molar-refractivity contribution < 1.29 is 4.42 Å². The van der Waals surface area contributed by atoms with E-state index in [-0.39, 0.29) is 0 Å². The first-order valence-corrected chi connectivity index (χ1v) is 3.29. The summed E-state index contributed by atoms with van der Waals surface area (Å²) in [6.07, 6.45) is 2.89. The maximum absolute atomic E-state index is 5.19. The second-order valence-electron chi connectivity index (χ2n) is 2.31. The number of furan rings is 1. The van der Waals surface area contributed by atoms with E-state index in [9.17, 15) is 0 Å². The predicted octanol–water partition coefficient (Wildman–Crippen LogP) is 2.46. The van der Waals surface area contributed by atoms with E-state index in [0.717, 1.165) is 12.2 Å². The Morgan fingerprint density at radius 3 is 2.33 bits per heavy atom. The van der Waals surface area contributed by atoms with Crippen LogP contribution in [0.4, 0.5) is 0 Å². The van der Waals surface area contributed by atoms with Gasteiger partial charge in [0.15, 0.2) is 0 Å². The van der Waals surface area contributed by atoms with E-state index in [1.165, 1.54) is 11.1 Å². The van der Waals surface area contributed by atoms with Gasteiger partial charge in [0, 0.05) is 0 Å². The Morgan fingerprint density at radius 2 is 2.11 bits per heavy atom. The van der Waals surface area contributed by atoms with E-state index in [0.29, 0.717) is 0 Å². The van der Waals surface area contributed by atoms with E-state index < -0.39 is 0 Å². The van der Waals surface area contributed by atoms with Crippen molar-refractivity contribution in [3.05, 3.63) is 23.2 Å². The minimum atomic E-state index is 1.06. The fraction of sp³-hybridized carbons (Fsp3) is 0.500. The molecule has 0 aliphatic rings. The molecule has 0 radical (unpaired) electrons. The topological polar surface area (TPSA) is 13.1 Å². The van der Waals surface area contributed by atoms with Gasteiger partial charge in [-0.25, -0.2) is 0 Å². The first-order chi connectivity index (χ1) is 4.25. The van der Waals surface area contributed by atoms with Gasteiger partial charge in [-0.05, 0) is 31.4 Å². The van der Waals surface area contributed by atoms with Gasteiger partial charge in [0.05, 0.1) is 6.26 Å². The molecule has 0 saturated carbocycles. The first kappa shape index (κ1) is 6.40. The van der Waals surface area contributed by atoms with Crippen molar-refractivity contribution in [2.75, 3.05) is 0 Å². The Morgan fingerprint density at radius 1 is 1.44 bits per heavy atom. The van der Waals surface area contributed by atoms with Gasteiger partial charge in [0.25, 0.3) is 0 Å². The van der Waals surface area contributed by atoms with Gasteiger partial charge in [0.2, 0.25) is 0 Å². The Balaban J connectivity index is 3.07. The summed E-state index contributed by atoms with van der Waals surface area (Å²) in [5, 5.41) is 0. The van der Waals surface area contributed by atoms with Crippen LogP contribution < -0.4 is 0 Å². The van der Waals surface area contributed by atoms with Gasteiger partial charge in [-0.1, -0.05) is 6.92 Å². The number of aryl methyl sites for hydroxylation is 2. The van der Waals surface area contributed by atoms with E-state index in [1.807, 2.05) is 13.2 Å². The summed E-state index contributed by atoms with van der Waals surface area (Å²) in [5.41, 5.74) is 2.63. The standard InChI is InChI=1S/C8H12O/c1-4-8-6(2)5-9-7(8)3/h5H,4H2,1-3H3. The summed E-state index contributed by atoms with van der Waals surface area (Å²) >= 11 is 0. The lowest BCUT2D eigenvalue weighted by molar-refractivity contribution is 0.529. The van der Waals surface area contributed by atoms with Crippen molar-refractivity contribution >= 4 is 0 Å². The molecule has 0 N–H and O–H groups in total. The SMILES string of the molecule is CCc1c(C)coc1C. The summed E-state index contributed by atoms with van der Waals surface area (Å²) in [6, 6.07) is 0. The molecule has 0 fully saturated rings. The summed E-state index contributed by atoms with van der Waals surface area (Å²) < 4.78 is 5.19. The largest absolute Gasteiger partial charge is 0.469 e. The second kappa shape index (κ2) is 2.26. The van der Waals surface area contributed by atoms with Crippen LogP contribution >= 0.6 is 0 Å². The molecule has 1 nitrogen and oxygen atoms in total. The molecule has 9 heavy (non-hydrogen) atoms. The quantitative estimate of drug-likeness (QED) is 0.560. The van der Waals surface area contributed by atoms with E-state index in [4.69, 9.17) is 4.42 Å². The summed E-state index contributed by atoms with van der Waals surface area (Å²) in [7, 11) is 0. The molecular weight excluding hydrogens is 112 g/mol. The van der Waals surface area contributed by atoms with Gasteiger partial charge < -0.3 is 4.42 Å². The third-order valence-electron chi connectivity index (χ3n) is 1.67. The molecular formula is C8H12O. The predicted molar refractivity (Wildman–Crippen MR) is 37.6 cm³/mol. The maximum Gasteiger partial charge on any atom is 0.104 e. The van der Waals surface area contributed by atoms with Crippen LogP contribution in [0.25, 0.3) is 0 Å². The van der Waals surface area contributed by atoms with Gasteiger partial charge in [-0.15, -0.1) is 0 Å². The van der Waals surface area contributed by atoms with Crippen LogP contribution in [-0.2, 0) is 6.42 Å². The molecule has 0 aliphatic carbocycles. The van der Waals surface area contributed by atoms with Gasteiger partial charge in [-0.2, -0.15) is 0 Å². The third kappa shape index (κ3) is 0.995. The van der Waals surface area contributed by atoms with Crippen molar-refractivity contribution in [1.29, 1.82) is 0 Å². The zero-order valence-corrected chi connectivity index (χ0v) is 6.19. The molecule has 0 amide bonds. The second-order valence-corrected chi connectivity index (χ2v) is 2.31. The van der Waals surface area contributed by atoms with Crippen molar-refractivity contribution in [1.82, 2.24) is 0 Å². The lowest BCUT2D eigenvalue weighted by Crippen LogP contribution is -1.80. The first-order valence-electron chi connectivity index (χ1n) is 3.29. The average Bonchev–Trinajstić information content (AvgIpc) is 2.12. The van der Waals surface area contributed by atoms with E-state index in [2.05, 4.69) is 13.8 Å². The number of hydrogen-bond acceptors (Lipinski definition) is 1. The van der Waals surface area contributed by atoms with Gasteiger partial charge in [0.1, 0.15) is 5.76 Å². The van der Waals surface area contributed by atoms with Crippen LogP contribution in [0.1, 0.15) is 23.8 Å². The Labute approximate surface area is 55.7 Å². The minimum Gasteiger partial charge on any atom is -0.469 e. The number of rotatable bonds is 1. The fourth-order valence-electron chi connectivity index (χ4n) is 1.12. The van der Waals surface area contributed by atoms with Crippen LogP contribution in [0.3, 0.4) is 0 Å². The van der Waals surface area contributed by atoms with E-state index >= 15 is 0 Å². The summed E-state index contributed by atoms with van der Waals surface area (Å²) in [5.74, 6) is 1.06. The van der Waals surface area contributed by atoms with Crippen LogP contribution in [0.2, 0.25) is 0 Å². The Bertz CT molecular complexity index is 179. The Kier molecular flexibility index (Phi) is 1.60. The molecule has 1 rings (SSSR count). The molecule has 1 heteroatoms. The zero-order valence-electron chi connectivity index (χ0n) is 6.19. The molecule has 1 heterocycles. The van der Waals surface area contributed by atoms with Crippen LogP contribution in [0, 0.1) is 13.8 Å². The van der Waals surface area contributed by atoms with Crippen molar-refractivity contribution in [3.8, 4) is 0 Å². The monoisotopic (exact) mass is 124 g/mol. The van der Waals surface area contributed by atoms with Crippen LogP contribution in [-0.4, -0.2) is 0 Å². The highest BCUT2D eigenvalue weighted by atomic mass is 16.3. The average molecular weight is 124 g/mol. The molecule has 0 aliphatic heterocycles. The lowest BCUT2D eigenvalue weighted by Gasteiger charge is -1.91. The van der Waals surface area contributed by atoms with Crippen molar-refractivity contribution in [2.45, 2.75) is 27.2 Å². The molecule has 0 aromatic carbocycles. The molecule has 0 bridgehead atoms. The highest BCUT2D eigenvalue weighted by Crippen LogP contribution is 2.14. The highest BCUT2D eigenvalue weighted by Gasteiger charge is 2.01. The summed E-state index contributed by atoms with van der Waals surface area (Å²) in [4.78, 5) is 0. The maximum atomic E-state index is 5.19. The third-order valence-corrected chi connectivity index (χ3v) is 1.67. The van der Waals surface area contributed by atoms with Gasteiger partial charge in [-0.3, -0.25) is 0 Å². The molecule has 0 saturated heterocycles. The van der Waals surface area contributed by atoms with Crippen molar-refractivity contribution in [2.24, 2.45) is 0 Å². The molecule has 0 atom stereocenters. The molecule has 1 aromatic rings. The van der Waals surface area contributed by atoms with Crippen LogP contribution in [0.15, 0.2) is 10.7 Å². The highest BCUT2D eigenvalue weighted by molar-refractivity contribution is 5.25. The smallest absolute Gasteiger partial charge is 0.104 e. The molecule has 1 aromatic heterocycles. The molecule has 50 valence electrons. The minimum absolute atomic E-state index is 1.06. The van der Waals surface area contributed by atoms with Crippen molar-refractivity contribution in [3.63, 3.8) is 0 Å². The van der Waals surface area contributed by atoms with Gasteiger partial charge >= 0.3 is 0 Å². The molecule has 0 spiro atoms. The normalized spacial score (nSPS) is 10.1.